The Kier molecular flexibility index (Phi) is 6.32. The number of benzene rings is 1. The van der Waals surface area contributed by atoms with E-state index in [1.165, 1.54) is 24.8 Å². The molecule has 1 unspecified atom stereocenters. The Hall–Kier alpha value is -1.30. The zero-order valence-electron chi connectivity index (χ0n) is 10.4. The quantitative estimate of drug-likeness (QED) is 0.578. The average molecular weight is 214 g/mol. The van der Waals surface area contributed by atoms with E-state index in [2.05, 4.69) is 61.6 Å². The van der Waals surface area contributed by atoms with Crippen LogP contribution in [0.3, 0.4) is 0 Å². The van der Waals surface area contributed by atoms with Crippen LogP contribution in [0.4, 0.5) is 0 Å². The third-order valence-electron chi connectivity index (χ3n) is 2.74. The lowest BCUT2D eigenvalue weighted by Crippen LogP contribution is -1.94. The summed E-state index contributed by atoms with van der Waals surface area (Å²) >= 11 is 0. The molecule has 1 aromatic carbocycles. The summed E-state index contributed by atoms with van der Waals surface area (Å²) in [4.78, 5) is 0. The molecular formula is C16H22. The predicted molar refractivity (Wildman–Crippen MR) is 72.7 cm³/mol. The van der Waals surface area contributed by atoms with Crippen LogP contribution in [0.1, 0.15) is 44.6 Å². The highest BCUT2D eigenvalue weighted by Crippen LogP contribution is 2.23. The normalized spacial score (nSPS) is 13.6. The second-order valence-corrected chi connectivity index (χ2v) is 4.07. The van der Waals surface area contributed by atoms with Crippen LogP contribution in [0.2, 0.25) is 0 Å². The van der Waals surface area contributed by atoms with Gasteiger partial charge in [-0.1, -0.05) is 74.4 Å². The van der Waals surface area contributed by atoms with Crippen LogP contribution in [0, 0.1) is 0 Å². The van der Waals surface area contributed by atoms with Gasteiger partial charge in [0, 0.05) is 5.92 Å². The van der Waals surface area contributed by atoms with Crippen LogP contribution in [0.15, 0.2) is 54.6 Å². The molecule has 16 heavy (non-hydrogen) atoms. The molecule has 0 heteroatoms. The van der Waals surface area contributed by atoms with E-state index >= 15 is 0 Å². The Morgan fingerprint density at radius 3 is 2.50 bits per heavy atom. The molecule has 0 amide bonds. The molecule has 1 aromatic rings. The molecule has 0 aliphatic rings. The van der Waals surface area contributed by atoms with Crippen molar-refractivity contribution < 1.29 is 0 Å². The zero-order valence-corrected chi connectivity index (χ0v) is 10.4. The minimum absolute atomic E-state index is 0.567. The number of hydrogen-bond donors (Lipinski definition) is 0. The highest BCUT2D eigenvalue weighted by molar-refractivity contribution is 5.24. The smallest absolute Gasteiger partial charge is 0.00210 e. The summed E-state index contributed by atoms with van der Waals surface area (Å²) in [7, 11) is 0. The molecule has 0 N–H and O–H groups in total. The van der Waals surface area contributed by atoms with Gasteiger partial charge in [0.1, 0.15) is 0 Å². The lowest BCUT2D eigenvalue weighted by molar-refractivity contribution is 0.664. The van der Waals surface area contributed by atoms with E-state index in [9.17, 15) is 0 Å². The van der Waals surface area contributed by atoms with Crippen molar-refractivity contribution in [1.29, 1.82) is 0 Å². The Morgan fingerprint density at radius 2 is 1.88 bits per heavy atom. The molecule has 1 rings (SSSR count). The second kappa shape index (κ2) is 7.92. The molecule has 0 nitrogen and oxygen atoms in total. The van der Waals surface area contributed by atoms with Crippen LogP contribution in [-0.4, -0.2) is 0 Å². The SMILES string of the molecule is C/C=C\C=C\C(CCCC)c1ccccc1. The van der Waals surface area contributed by atoms with Gasteiger partial charge in [-0.25, -0.2) is 0 Å². The maximum atomic E-state index is 2.31. The largest absolute Gasteiger partial charge is 0.0877 e. The van der Waals surface area contributed by atoms with E-state index in [1.54, 1.807) is 0 Å². The Labute approximate surface area is 99.7 Å². The van der Waals surface area contributed by atoms with Gasteiger partial charge in [-0.15, -0.1) is 0 Å². The van der Waals surface area contributed by atoms with E-state index < -0.39 is 0 Å². The van der Waals surface area contributed by atoms with Crippen LogP contribution in [0.5, 0.6) is 0 Å². The van der Waals surface area contributed by atoms with Gasteiger partial charge >= 0.3 is 0 Å². The van der Waals surface area contributed by atoms with Gasteiger partial charge in [0.05, 0.1) is 0 Å². The van der Waals surface area contributed by atoms with Gasteiger partial charge < -0.3 is 0 Å². The number of unbranched alkanes of at least 4 members (excludes halogenated alkanes) is 1. The van der Waals surface area contributed by atoms with Gasteiger partial charge in [0.2, 0.25) is 0 Å². The van der Waals surface area contributed by atoms with Crippen molar-refractivity contribution in [3.05, 3.63) is 60.2 Å². The first-order valence-corrected chi connectivity index (χ1v) is 6.23. The molecular weight excluding hydrogens is 192 g/mol. The maximum Gasteiger partial charge on any atom is 0.00210 e. The van der Waals surface area contributed by atoms with E-state index in [0.29, 0.717) is 5.92 Å². The summed E-state index contributed by atoms with van der Waals surface area (Å²) in [5.41, 5.74) is 1.43. The minimum Gasteiger partial charge on any atom is -0.0877 e. The van der Waals surface area contributed by atoms with Crippen molar-refractivity contribution >= 4 is 0 Å². The van der Waals surface area contributed by atoms with Crippen LogP contribution >= 0.6 is 0 Å². The average Bonchev–Trinajstić information content (AvgIpc) is 2.35. The molecule has 0 saturated heterocycles. The van der Waals surface area contributed by atoms with Crippen molar-refractivity contribution in [2.45, 2.75) is 39.0 Å². The predicted octanol–water partition coefficient (Wildman–Crippen LogP) is 5.09. The fourth-order valence-corrected chi connectivity index (χ4v) is 1.81. The lowest BCUT2D eigenvalue weighted by Gasteiger charge is -2.12. The first-order valence-electron chi connectivity index (χ1n) is 6.23. The van der Waals surface area contributed by atoms with Crippen molar-refractivity contribution in [2.75, 3.05) is 0 Å². The van der Waals surface area contributed by atoms with E-state index in [0.717, 1.165) is 0 Å². The lowest BCUT2D eigenvalue weighted by atomic mass is 9.93. The van der Waals surface area contributed by atoms with E-state index in [-0.39, 0.29) is 0 Å². The van der Waals surface area contributed by atoms with Crippen molar-refractivity contribution in [3.8, 4) is 0 Å². The van der Waals surface area contributed by atoms with Gasteiger partial charge in [-0.05, 0) is 18.9 Å². The molecule has 0 spiro atoms. The first kappa shape index (κ1) is 12.8. The third kappa shape index (κ3) is 4.48. The zero-order chi connectivity index (χ0) is 11.6. The Bertz CT molecular complexity index is 319. The molecule has 0 heterocycles. The van der Waals surface area contributed by atoms with Crippen molar-refractivity contribution in [3.63, 3.8) is 0 Å². The minimum atomic E-state index is 0.567. The summed E-state index contributed by atoms with van der Waals surface area (Å²) in [5.74, 6) is 0.567. The van der Waals surface area contributed by atoms with Crippen LogP contribution in [0.25, 0.3) is 0 Å². The van der Waals surface area contributed by atoms with Gasteiger partial charge in [0.25, 0.3) is 0 Å². The third-order valence-corrected chi connectivity index (χ3v) is 2.74. The molecule has 0 aromatic heterocycles. The number of rotatable bonds is 6. The number of hydrogen-bond acceptors (Lipinski definition) is 0. The molecule has 0 fully saturated rings. The number of allylic oxidation sites excluding steroid dienone is 4. The summed E-state index contributed by atoms with van der Waals surface area (Å²) in [6.07, 6.45) is 12.4. The van der Waals surface area contributed by atoms with Gasteiger partial charge in [-0.2, -0.15) is 0 Å². The monoisotopic (exact) mass is 214 g/mol. The highest BCUT2D eigenvalue weighted by atomic mass is 14.1. The van der Waals surface area contributed by atoms with E-state index in [4.69, 9.17) is 0 Å². The summed E-state index contributed by atoms with van der Waals surface area (Å²) < 4.78 is 0. The standard InChI is InChI=1S/C16H22/c1-3-5-8-12-15(11-6-4-2)16-13-9-7-10-14-16/h3,5,7-10,12-15H,4,6,11H2,1-2H3/b5-3-,12-8+. The topological polar surface area (TPSA) is 0 Å². The summed E-state index contributed by atoms with van der Waals surface area (Å²) in [5, 5.41) is 0. The molecule has 0 bridgehead atoms. The van der Waals surface area contributed by atoms with Gasteiger partial charge in [0.15, 0.2) is 0 Å². The first-order chi connectivity index (χ1) is 7.88. The molecule has 0 aliphatic heterocycles. The van der Waals surface area contributed by atoms with E-state index in [1.807, 2.05) is 6.92 Å². The van der Waals surface area contributed by atoms with Gasteiger partial charge in [-0.3, -0.25) is 0 Å². The molecule has 1 atom stereocenters. The fourth-order valence-electron chi connectivity index (χ4n) is 1.81. The van der Waals surface area contributed by atoms with Crippen molar-refractivity contribution in [2.24, 2.45) is 0 Å². The molecule has 0 saturated carbocycles. The fraction of sp³-hybridized carbons (Fsp3) is 0.375. The van der Waals surface area contributed by atoms with Crippen LogP contribution < -0.4 is 0 Å². The second-order valence-electron chi connectivity index (χ2n) is 4.07. The summed E-state index contributed by atoms with van der Waals surface area (Å²) in [6, 6.07) is 10.8. The molecule has 86 valence electrons. The molecule has 0 radical (unpaired) electrons. The molecule has 0 aliphatic carbocycles. The Morgan fingerprint density at radius 1 is 1.12 bits per heavy atom. The van der Waals surface area contributed by atoms with Crippen molar-refractivity contribution in [1.82, 2.24) is 0 Å². The maximum absolute atomic E-state index is 2.31. The highest BCUT2D eigenvalue weighted by Gasteiger charge is 2.05. The summed E-state index contributed by atoms with van der Waals surface area (Å²) in [6.45, 7) is 4.30. The Balaban J connectivity index is 2.71. The van der Waals surface area contributed by atoms with Crippen LogP contribution in [-0.2, 0) is 0 Å².